The average Bonchev–Trinajstić information content (AvgIpc) is 2.67. The second-order valence-corrected chi connectivity index (χ2v) is 7.62. The van der Waals surface area contributed by atoms with E-state index < -0.39 is 0 Å². The number of nitrogens with one attached hydrogen (secondary N) is 1. The van der Waals surface area contributed by atoms with Crippen molar-refractivity contribution in [1.82, 2.24) is 5.32 Å². The van der Waals surface area contributed by atoms with Gasteiger partial charge in [0, 0.05) is 10.6 Å². The maximum atomic E-state index is 3.46. The smallest absolute Gasteiger partial charge is 0.0151 e. The summed E-state index contributed by atoms with van der Waals surface area (Å²) in [6, 6.07) is 24.2. The maximum Gasteiger partial charge on any atom is 0.0151 e. The van der Waals surface area contributed by atoms with Crippen molar-refractivity contribution in [2.75, 3.05) is 18.8 Å². The highest BCUT2D eigenvalue weighted by Gasteiger charge is 2.14. The normalized spacial score (nSPS) is 15.7. The molecule has 0 amide bonds. The lowest BCUT2D eigenvalue weighted by molar-refractivity contribution is 0.408. The molecule has 3 aromatic rings. The summed E-state index contributed by atoms with van der Waals surface area (Å²) in [5.41, 5.74) is 2.58. The van der Waals surface area contributed by atoms with Gasteiger partial charge in [0.1, 0.15) is 0 Å². The number of benzene rings is 3. The highest BCUT2D eigenvalue weighted by atomic mass is 32.2. The molecule has 1 nitrogen and oxygen atoms in total. The summed E-state index contributed by atoms with van der Waals surface area (Å²) >= 11 is 2.03. The van der Waals surface area contributed by atoms with E-state index >= 15 is 0 Å². The molecule has 24 heavy (non-hydrogen) atoms. The number of fused-ring (bicyclic) bond motifs is 1. The second-order valence-electron chi connectivity index (χ2n) is 6.56. The van der Waals surface area contributed by atoms with Crippen molar-refractivity contribution in [2.24, 2.45) is 5.92 Å². The molecule has 1 aliphatic rings. The Morgan fingerprint density at radius 3 is 2.50 bits per heavy atom. The van der Waals surface area contributed by atoms with Crippen LogP contribution in [0.15, 0.2) is 71.6 Å². The van der Waals surface area contributed by atoms with Crippen LogP contribution >= 0.6 is 11.8 Å². The average molecular weight is 333 g/mol. The summed E-state index contributed by atoms with van der Waals surface area (Å²) < 4.78 is 0. The lowest BCUT2D eigenvalue weighted by Gasteiger charge is -2.22. The van der Waals surface area contributed by atoms with E-state index in [0.717, 1.165) is 5.92 Å². The monoisotopic (exact) mass is 333 g/mol. The van der Waals surface area contributed by atoms with Crippen LogP contribution in [0.3, 0.4) is 0 Å². The molecule has 1 aliphatic heterocycles. The van der Waals surface area contributed by atoms with Gasteiger partial charge in [0.05, 0.1) is 0 Å². The fourth-order valence-electron chi connectivity index (χ4n) is 3.45. The first kappa shape index (κ1) is 15.7. The van der Waals surface area contributed by atoms with E-state index in [1.165, 1.54) is 58.5 Å². The van der Waals surface area contributed by atoms with Crippen molar-refractivity contribution in [3.8, 4) is 11.1 Å². The molecule has 122 valence electrons. The van der Waals surface area contributed by atoms with Crippen LogP contribution in [0.2, 0.25) is 0 Å². The van der Waals surface area contributed by atoms with E-state index in [4.69, 9.17) is 0 Å². The summed E-state index contributed by atoms with van der Waals surface area (Å²) in [5, 5.41) is 6.18. The maximum absolute atomic E-state index is 3.46. The molecule has 0 radical (unpaired) electrons. The molecular formula is C22H23NS. The summed E-state index contributed by atoms with van der Waals surface area (Å²) in [6.45, 7) is 2.36. The Balaban J connectivity index is 1.58. The minimum Gasteiger partial charge on any atom is -0.317 e. The molecule has 0 aliphatic carbocycles. The Morgan fingerprint density at radius 2 is 1.67 bits per heavy atom. The molecule has 1 N–H and O–H groups in total. The largest absolute Gasteiger partial charge is 0.317 e. The Bertz CT molecular complexity index is 807. The van der Waals surface area contributed by atoms with Crippen molar-refractivity contribution in [3.05, 3.63) is 66.7 Å². The van der Waals surface area contributed by atoms with Crippen LogP contribution in [0.25, 0.3) is 21.9 Å². The Kier molecular flexibility index (Phi) is 4.86. The third-order valence-corrected chi connectivity index (χ3v) is 6.19. The van der Waals surface area contributed by atoms with Gasteiger partial charge in [-0.3, -0.25) is 0 Å². The first-order valence-corrected chi connectivity index (χ1v) is 9.80. The molecule has 1 saturated heterocycles. The third-order valence-electron chi connectivity index (χ3n) is 4.88. The number of piperidine rings is 1. The number of thioether (sulfide) groups is 1. The number of hydrogen-bond donors (Lipinski definition) is 1. The fourth-order valence-corrected chi connectivity index (χ4v) is 4.71. The van der Waals surface area contributed by atoms with Crippen molar-refractivity contribution >= 4 is 22.5 Å². The lowest BCUT2D eigenvalue weighted by Crippen LogP contribution is -2.28. The highest BCUT2D eigenvalue weighted by Crippen LogP contribution is 2.33. The number of hydrogen-bond acceptors (Lipinski definition) is 2. The van der Waals surface area contributed by atoms with Crippen LogP contribution in [0.4, 0.5) is 0 Å². The van der Waals surface area contributed by atoms with Gasteiger partial charge in [-0.15, -0.1) is 11.8 Å². The molecular weight excluding hydrogens is 310 g/mol. The van der Waals surface area contributed by atoms with Gasteiger partial charge in [0.15, 0.2) is 0 Å². The molecule has 0 aromatic heterocycles. The van der Waals surface area contributed by atoms with Crippen LogP contribution in [-0.2, 0) is 0 Å². The van der Waals surface area contributed by atoms with Crippen LogP contribution in [0.1, 0.15) is 12.8 Å². The molecule has 0 spiro atoms. The summed E-state index contributed by atoms with van der Waals surface area (Å²) in [6.07, 6.45) is 2.63. The van der Waals surface area contributed by atoms with Gasteiger partial charge in [-0.2, -0.15) is 0 Å². The first-order chi connectivity index (χ1) is 11.9. The molecule has 0 atom stereocenters. The van der Waals surface area contributed by atoms with E-state index in [9.17, 15) is 0 Å². The van der Waals surface area contributed by atoms with Crippen molar-refractivity contribution in [2.45, 2.75) is 17.7 Å². The molecule has 1 fully saturated rings. The van der Waals surface area contributed by atoms with Crippen LogP contribution in [-0.4, -0.2) is 18.8 Å². The van der Waals surface area contributed by atoms with E-state index in [-0.39, 0.29) is 0 Å². The third kappa shape index (κ3) is 3.50. The van der Waals surface area contributed by atoms with Crippen molar-refractivity contribution in [3.63, 3.8) is 0 Å². The van der Waals surface area contributed by atoms with E-state index in [1.54, 1.807) is 0 Å². The topological polar surface area (TPSA) is 12.0 Å². The highest BCUT2D eigenvalue weighted by molar-refractivity contribution is 7.99. The van der Waals surface area contributed by atoms with E-state index in [1.807, 2.05) is 11.8 Å². The predicted octanol–water partition coefficient (Wildman–Crippen LogP) is 5.60. The van der Waals surface area contributed by atoms with Crippen LogP contribution < -0.4 is 5.32 Å². The molecule has 0 unspecified atom stereocenters. The standard InChI is InChI=1S/C22H23NS/c1-2-5-18(6-3-1)19-9-10-21-20(15-19)7-4-8-22(21)24-16-17-11-13-23-14-12-17/h1-10,15,17,23H,11-14,16H2. The van der Waals surface area contributed by atoms with Crippen LogP contribution in [0, 0.1) is 5.92 Å². The minimum absolute atomic E-state index is 0.857. The van der Waals surface area contributed by atoms with Gasteiger partial charge >= 0.3 is 0 Å². The van der Waals surface area contributed by atoms with Crippen LogP contribution in [0.5, 0.6) is 0 Å². The molecule has 0 saturated carbocycles. The Labute approximate surface area is 148 Å². The number of rotatable bonds is 4. The fraction of sp³-hybridized carbons (Fsp3) is 0.273. The molecule has 0 bridgehead atoms. The van der Waals surface area contributed by atoms with Gasteiger partial charge in [-0.25, -0.2) is 0 Å². The summed E-state index contributed by atoms with van der Waals surface area (Å²) in [7, 11) is 0. The minimum atomic E-state index is 0.857. The second kappa shape index (κ2) is 7.42. The molecule has 3 aromatic carbocycles. The zero-order valence-electron chi connectivity index (χ0n) is 13.9. The zero-order valence-corrected chi connectivity index (χ0v) is 14.7. The molecule has 4 rings (SSSR count). The quantitative estimate of drug-likeness (QED) is 0.624. The summed E-state index contributed by atoms with van der Waals surface area (Å²) in [5.74, 6) is 2.09. The molecule has 2 heteroatoms. The van der Waals surface area contributed by atoms with E-state index in [0.29, 0.717) is 0 Å². The first-order valence-electron chi connectivity index (χ1n) is 8.82. The zero-order chi connectivity index (χ0) is 16.2. The van der Waals surface area contributed by atoms with E-state index in [2.05, 4.69) is 72.0 Å². The van der Waals surface area contributed by atoms with Gasteiger partial charge in [0.25, 0.3) is 0 Å². The summed E-state index contributed by atoms with van der Waals surface area (Å²) in [4.78, 5) is 1.42. The lowest BCUT2D eigenvalue weighted by atomic mass is 10.0. The predicted molar refractivity (Wildman–Crippen MR) is 106 cm³/mol. The Morgan fingerprint density at radius 1 is 0.833 bits per heavy atom. The Hall–Kier alpha value is -1.77. The SMILES string of the molecule is c1ccc(-c2ccc3c(SCC4CCNCC4)cccc3c2)cc1. The van der Waals surface area contributed by atoms with Crippen molar-refractivity contribution in [1.29, 1.82) is 0 Å². The van der Waals surface area contributed by atoms with Gasteiger partial charge in [-0.05, 0) is 65.9 Å². The van der Waals surface area contributed by atoms with Gasteiger partial charge < -0.3 is 5.32 Å². The van der Waals surface area contributed by atoms with Gasteiger partial charge in [0.2, 0.25) is 0 Å². The van der Waals surface area contributed by atoms with Gasteiger partial charge in [-0.1, -0.05) is 54.6 Å². The molecule has 1 heterocycles. The van der Waals surface area contributed by atoms with Crippen molar-refractivity contribution < 1.29 is 0 Å².